The van der Waals surface area contributed by atoms with E-state index in [1.54, 1.807) is 0 Å². The highest BCUT2D eigenvalue weighted by molar-refractivity contribution is 4.90. The molecule has 13 heavy (non-hydrogen) atoms. The van der Waals surface area contributed by atoms with Crippen molar-refractivity contribution in [1.29, 1.82) is 0 Å². The highest BCUT2D eigenvalue weighted by Crippen LogP contribution is 2.36. The molecule has 1 aliphatic heterocycles. The standard InChI is InChI=1S/C12H25N/c1-6-12(5)8-10(2)7-11(3,4)13-9-12/h10,13H,6-9H2,1-5H3. The van der Waals surface area contributed by atoms with E-state index in [0.717, 1.165) is 5.92 Å². The summed E-state index contributed by atoms with van der Waals surface area (Å²) in [7, 11) is 0. The van der Waals surface area contributed by atoms with Crippen molar-refractivity contribution in [2.45, 2.75) is 59.4 Å². The fraction of sp³-hybridized carbons (Fsp3) is 1.00. The van der Waals surface area contributed by atoms with Crippen LogP contribution in [0, 0.1) is 11.3 Å². The van der Waals surface area contributed by atoms with E-state index in [0.29, 0.717) is 11.0 Å². The van der Waals surface area contributed by atoms with Crippen LogP contribution in [-0.2, 0) is 0 Å². The van der Waals surface area contributed by atoms with Crippen molar-refractivity contribution in [3.05, 3.63) is 0 Å². The lowest BCUT2D eigenvalue weighted by atomic mass is 9.79. The van der Waals surface area contributed by atoms with Crippen molar-refractivity contribution >= 4 is 0 Å². The zero-order chi connectivity index (χ0) is 10.1. The molecule has 1 nitrogen and oxygen atoms in total. The van der Waals surface area contributed by atoms with Crippen LogP contribution in [0.25, 0.3) is 0 Å². The molecule has 2 atom stereocenters. The third kappa shape index (κ3) is 2.98. The van der Waals surface area contributed by atoms with E-state index < -0.39 is 0 Å². The second-order valence-corrected chi connectivity index (χ2v) is 5.92. The zero-order valence-corrected chi connectivity index (χ0v) is 9.91. The highest BCUT2D eigenvalue weighted by Gasteiger charge is 2.33. The minimum atomic E-state index is 0.340. The smallest absolute Gasteiger partial charge is 0.0127 e. The second-order valence-electron chi connectivity index (χ2n) is 5.92. The predicted octanol–water partition coefficient (Wildman–Crippen LogP) is 3.20. The van der Waals surface area contributed by atoms with Crippen LogP contribution in [-0.4, -0.2) is 12.1 Å². The fourth-order valence-corrected chi connectivity index (χ4v) is 2.65. The van der Waals surface area contributed by atoms with Gasteiger partial charge in [0.2, 0.25) is 0 Å². The Balaban J connectivity index is 2.69. The lowest BCUT2D eigenvalue weighted by Gasteiger charge is -2.29. The largest absolute Gasteiger partial charge is 0.311 e. The molecule has 0 aromatic rings. The van der Waals surface area contributed by atoms with E-state index in [2.05, 4.69) is 39.9 Å². The van der Waals surface area contributed by atoms with Crippen LogP contribution >= 0.6 is 0 Å². The summed E-state index contributed by atoms with van der Waals surface area (Å²) in [5.74, 6) is 0.856. The fourth-order valence-electron chi connectivity index (χ4n) is 2.65. The van der Waals surface area contributed by atoms with Crippen LogP contribution in [0.4, 0.5) is 0 Å². The molecule has 1 aliphatic rings. The molecule has 0 spiro atoms. The van der Waals surface area contributed by atoms with Crippen LogP contribution < -0.4 is 5.32 Å². The van der Waals surface area contributed by atoms with Crippen LogP contribution in [0.5, 0.6) is 0 Å². The first-order valence-corrected chi connectivity index (χ1v) is 5.62. The van der Waals surface area contributed by atoms with E-state index in [1.165, 1.54) is 25.8 Å². The van der Waals surface area contributed by atoms with Gasteiger partial charge >= 0.3 is 0 Å². The summed E-state index contributed by atoms with van der Waals surface area (Å²) in [5.41, 5.74) is 0.861. The topological polar surface area (TPSA) is 12.0 Å². The monoisotopic (exact) mass is 183 g/mol. The first kappa shape index (κ1) is 11.0. The second kappa shape index (κ2) is 3.61. The molecule has 0 radical (unpaired) electrons. The van der Waals surface area contributed by atoms with Gasteiger partial charge in [-0.3, -0.25) is 0 Å². The minimum Gasteiger partial charge on any atom is -0.311 e. The first-order chi connectivity index (χ1) is 5.87. The third-order valence-corrected chi connectivity index (χ3v) is 3.55. The van der Waals surface area contributed by atoms with Crippen LogP contribution in [0.1, 0.15) is 53.9 Å². The van der Waals surface area contributed by atoms with Gasteiger partial charge in [0.05, 0.1) is 0 Å². The third-order valence-electron chi connectivity index (χ3n) is 3.55. The number of hydrogen-bond acceptors (Lipinski definition) is 1. The number of rotatable bonds is 1. The Morgan fingerprint density at radius 1 is 1.23 bits per heavy atom. The maximum absolute atomic E-state index is 3.69. The van der Waals surface area contributed by atoms with Gasteiger partial charge in [0.25, 0.3) is 0 Å². The van der Waals surface area contributed by atoms with Crippen molar-refractivity contribution in [1.82, 2.24) is 5.32 Å². The molecule has 78 valence electrons. The van der Waals surface area contributed by atoms with E-state index >= 15 is 0 Å². The molecule has 0 bridgehead atoms. The summed E-state index contributed by atoms with van der Waals surface area (Å²) >= 11 is 0. The van der Waals surface area contributed by atoms with Gasteiger partial charge in [-0.05, 0) is 44.4 Å². The van der Waals surface area contributed by atoms with Gasteiger partial charge in [-0.1, -0.05) is 20.8 Å². The van der Waals surface area contributed by atoms with Gasteiger partial charge in [-0.25, -0.2) is 0 Å². The molecule has 0 aromatic heterocycles. The molecule has 2 unspecified atom stereocenters. The summed E-state index contributed by atoms with van der Waals surface area (Å²) in [5, 5.41) is 3.69. The Morgan fingerprint density at radius 2 is 1.85 bits per heavy atom. The molecule has 1 N–H and O–H groups in total. The molecule has 0 amide bonds. The maximum atomic E-state index is 3.69. The normalized spacial score (nSPS) is 39.9. The van der Waals surface area contributed by atoms with Gasteiger partial charge < -0.3 is 5.32 Å². The molecule has 1 heteroatoms. The Hall–Kier alpha value is -0.0400. The van der Waals surface area contributed by atoms with E-state index in [9.17, 15) is 0 Å². The lowest BCUT2D eigenvalue weighted by molar-refractivity contribution is 0.253. The number of nitrogens with one attached hydrogen (secondary N) is 1. The average Bonchev–Trinajstić information content (AvgIpc) is 2.09. The van der Waals surface area contributed by atoms with Gasteiger partial charge in [-0.2, -0.15) is 0 Å². The molecule has 0 saturated carbocycles. The summed E-state index contributed by atoms with van der Waals surface area (Å²) < 4.78 is 0. The first-order valence-electron chi connectivity index (χ1n) is 5.62. The average molecular weight is 183 g/mol. The molecule has 1 rings (SSSR count). The van der Waals surface area contributed by atoms with Crippen molar-refractivity contribution in [3.8, 4) is 0 Å². The van der Waals surface area contributed by atoms with Crippen molar-refractivity contribution in [3.63, 3.8) is 0 Å². The molecular formula is C12H25N. The quantitative estimate of drug-likeness (QED) is 0.658. The Kier molecular flexibility index (Phi) is 3.06. The minimum absolute atomic E-state index is 0.340. The molecule has 0 aliphatic carbocycles. The van der Waals surface area contributed by atoms with Crippen LogP contribution in [0.2, 0.25) is 0 Å². The van der Waals surface area contributed by atoms with Crippen LogP contribution in [0.15, 0.2) is 0 Å². The van der Waals surface area contributed by atoms with Gasteiger partial charge in [0, 0.05) is 12.1 Å². The van der Waals surface area contributed by atoms with Gasteiger partial charge in [-0.15, -0.1) is 0 Å². The van der Waals surface area contributed by atoms with E-state index in [1.807, 2.05) is 0 Å². The van der Waals surface area contributed by atoms with Gasteiger partial charge in [0.1, 0.15) is 0 Å². The highest BCUT2D eigenvalue weighted by atomic mass is 15.0. The Morgan fingerprint density at radius 3 is 2.38 bits per heavy atom. The Bertz CT molecular complexity index is 174. The molecule has 1 fully saturated rings. The van der Waals surface area contributed by atoms with Crippen molar-refractivity contribution < 1.29 is 0 Å². The summed E-state index contributed by atoms with van der Waals surface area (Å²) in [6.07, 6.45) is 3.98. The van der Waals surface area contributed by atoms with Crippen molar-refractivity contribution in [2.24, 2.45) is 11.3 Å². The SMILES string of the molecule is CCC1(C)CNC(C)(C)CC(C)C1. The molecule has 1 heterocycles. The zero-order valence-electron chi connectivity index (χ0n) is 9.91. The Labute approximate surface area is 83.3 Å². The number of hydrogen-bond donors (Lipinski definition) is 1. The van der Waals surface area contributed by atoms with Crippen molar-refractivity contribution in [2.75, 3.05) is 6.54 Å². The predicted molar refractivity (Wildman–Crippen MR) is 58.9 cm³/mol. The van der Waals surface area contributed by atoms with Gasteiger partial charge in [0.15, 0.2) is 0 Å². The molecule has 1 saturated heterocycles. The molecule has 0 aromatic carbocycles. The van der Waals surface area contributed by atoms with Crippen LogP contribution in [0.3, 0.4) is 0 Å². The maximum Gasteiger partial charge on any atom is 0.0127 e. The summed E-state index contributed by atoms with van der Waals surface area (Å²) in [6, 6.07) is 0. The summed E-state index contributed by atoms with van der Waals surface area (Å²) in [6.45, 7) is 12.9. The van der Waals surface area contributed by atoms with E-state index in [4.69, 9.17) is 0 Å². The van der Waals surface area contributed by atoms with E-state index in [-0.39, 0.29) is 0 Å². The summed E-state index contributed by atoms with van der Waals surface area (Å²) in [4.78, 5) is 0. The lowest BCUT2D eigenvalue weighted by Crippen LogP contribution is -2.42. The molecular weight excluding hydrogens is 158 g/mol.